The molecular weight excluding hydrogens is 268 g/mol. The van der Waals surface area contributed by atoms with Crippen LogP contribution in [0.4, 0.5) is 0 Å². The van der Waals surface area contributed by atoms with Crippen LogP contribution < -0.4 is 5.43 Å². The van der Waals surface area contributed by atoms with E-state index in [4.69, 9.17) is 0 Å². The van der Waals surface area contributed by atoms with Crippen molar-refractivity contribution in [2.45, 2.75) is 25.7 Å². The van der Waals surface area contributed by atoms with Crippen molar-refractivity contribution in [3.8, 4) is 0 Å². The van der Waals surface area contributed by atoms with Crippen LogP contribution in [0.2, 0.25) is 0 Å². The third kappa shape index (κ3) is 1.79. The SMILES string of the molecule is O=C(NN1C(=O)[C@@H]2[C@@H](C1=O)[C@H]1C=C[C@H]2C1)[C@H]1CC=CCC1. The van der Waals surface area contributed by atoms with Gasteiger partial charge in [-0.25, -0.2) is 0 Å². The van der Waals surface area contributed by atoms with Gasteiger partial charge in [0.2, 0.25) is 5.91 Å². The first-order chi connectivity index (χ1) is 10.2. The number of hydrogen-bond acceptors (Lipinski definition) is 3. The fraction of sp³-hybridized carbons (Fsp3) is 0.562. The Bertz CT molecular complexity index is 550. The van der Waals surface area contributed by atoms with E-state index in [2.05, 4.69) is 11.5 Å². The summed E-state index contributed by atoms with van der Waals surface area (Å²) in [5.41, 5.74) is 2.58. The molecule has 5 nitrogen and oxygen atoms in total. The number of allylic oxidation sites excluding steroid dienone is 4. The van der Waals surface area contributed by atoms with Crippen molar-refractivity contribution in [1.82, 2.24) is 10.4 Å². The zero-order valence-electron chi connectivity index (χ0n) is 11.7. The molecule has 0 aromatic carbocycles. The van der Waals surface area contributed by atoms with Crippen LogP contribution in [0.25, 0.3) is 0 Å². The second-order valence-electron chi connectivity index (χ2n) is 6.47. The molecule has 0 aromatic heterocycles. The molecule has 1 saturated carbocycles. The Morgan fingerprint density at radius 2 is 1.76 bits per heavy atom. The number of carbonyl (C=O) groups is 3. The molecule has 5 heteroatoms. The Morgan fingerprint density at radius 3 is 2.33 bits per heavy atom. The molecule has 1 saturated heterocycles. The lowest BCUT2D eigenvalue weighted by Crippen LogP contribution is -2.49. The summed E-state index contributed by atoms with van der Waals surface area (Å²) in [5.74, 6) is -0.930. The molecule has 0 spiro atoms. The highest BCUT2D eigenvalue weighted by atomic mass is 16.2. The van der Waals surface area contributed by atoms with Crippen molar-refractivity contribution in [3.63, 3.8) is 0 Å². The number of imide groups is 1. The van der Waals surface area contributed by atoms with E-state index in [-0.39, 0.29) is 47.3 Å². The zero-order chi connectivity index (χ0) is 14.6. The lowest BCUT2D eigenvalue weighted by Gasteiger charge is -2.22. The van der Waals surface area contributed by atoms with E-state index in [0.29, 0.717) is 6.42 Å². The fourth-order valence-electron chi connectivity index (χ4n) is 4.25. The Labute approximate surface area is 123 Å². The van der Waals surface area contributed by atoms with E-state index in [1.807, 2.05) is 18.2 Å². The van der Waals surface area contributed by atoms with Crippen LogP contribution in [-0.2, 0) is 14.4 Å². The molecule has 2 bridgehead atoms. The van der Waals surface area contributed by atoms with Gasteiger partial charge in [-0.1, -0.05) is 24.3 Å². The van der Waals surface area contributed by atoms with Crippen molar-refractivity contribution in [1.29, 1.82) is 0 Å². The van der Waals surface area contributed by atoms with Gasteiger partial charge < -0.3 is 0 Å². The van der Waals surface area contributed by atoms with Crippen molar-refractivity contribution in [2.75, 3.05) is 0 Å². The lowest BCUT2D eigenvalue weighted by atomic mass is 9.85. The first kappa shape index (κ1) is 12.8. The molecule has 4 aliphatic rings. The summed E-state index contributed by atoms with van der Waals surface area (Å²) >= 11 is 0. The summed E-state index contributed by atoms with van der Waals surface area (Å²) in [6, 6.07) is 0. The van der Waals surface area contributed by atoms with E-state index in [1.165, 1.54) is 0 Å². The van der Waals surface area contributed by atoms with Crippen molar-refractivity contribution < 1.29 is 14.4 Å². The number of hydrazine groups is 1. The molecule has 21 heavy (non-hydrogen) atoms. The minimum Gasteiger partial charge on any atom is -0.273 e. The third-order valence-corrected chi connectivity index (χ3v) is 5.33. The molecule has 1 heterocycles. The summed E-state index contributed by atoms with van der Waals surface area (Å²) in [7, 11) is 0. The molecule has 0 radical (unpaired) electrons. The maximum absolute atomic E-state index is 12.4. The van der Waals surface area contributed by atoms with Crippen LogP contribution in [0.3, 0.4) is 0 Å². The molecule has 110 valence electrons. The highest BCUT2D eigenvalue weighted by Crippen LogP contribution is 2.52. The molecule has 5 atom stereocenters. The van der Waals surface area contributed by atoms with Gasteiger partial charge >= 0.3 is 0 Å². The number of nitrogens with one attached hydrogen (secondary N) is 1. The summed E-state index contributed by atoms with van der Waals surface area (Å²) in [6.07, 6.45) is 11.4. The minimum atomic E-state index is -0.251. The minimum absolute atomic E-state index is 0.133. The highest BCUT2D eigenvalue weighted by Gasteiger charge is 2.59. The second-order valence-corrected chi connectivity index (χ2v) is 6.47. The van der Waals surface area contributed by atoms with Gasteiger partial charge in [0.15, 0.2) is 0 Å². The molecule has 4 rings (SSSR count). The molecular formula is C16H18N2O3. The number of fused-ring (bicyclic) bond motifs is 5. The van der Waals surface area contributed by atoms with Gasteiger partial charge in [0.25, 0.3) is 11.8 Å². The summed E-state index contributed by atoms with van der Waals surface area (Å²) in [6.45, 7) is 0. The third-order valence-electron chi connectivity index (χ3n) is 5.33. The van der Waals surface area contributed by atoms with Gasteiger partial charge in [0.05, 0.1) is 11.8 Å². The van der Waals surface area contributed by atoms with Crippen LogP contribution in [0, 0.1) is 29.6 Å². The average Bonchev–Trinajstić information content (AvgIpc) is 3.18. The Morgan fingerprint density at radius 1 is 1.10 bits per heavy atom. The molecule has 0 unspecified atom stereocenters. The number of amides is 3. The molecule has 0 aromatic rings. The van der Waals surface area contributed by atoms with Crippen LogP contribution in [0.15, 0.2) is 24.3 Å². The van der Waals surface area contributed by atoms with Crippen molar-refractivity contribution in [2.24, 2.45) is 29.6 Å². The van der Waals surface area contributed by atoms with Gasteiger partial charge in [0.1, 0.15) is 0 Å². The zero-order valence-corrected chi connectivity index (χ0v) is 11.7. The molecule has 3 aliphatic carbocycles. The molecule has 2 fully saturated rings. The second kappa shape index (κ2) is 4.55. The monoisotopic (exact) mass is 286 g/mol. The number of carbonyl (C=O) groups excluding carboxylic acids is 3. The summed E-state index contributed by atoms with van der Waals surface area (Å²) in [5, 5.41) is 1.00. The van der Waals surface area contributed by atoms with Crippen LogP contribution in [0.1, 0.15) is 25.7 Å². The fourth-order valence-corrected chi connectivity index (χ4v) is 4.25. The van der Waals surface area contributed by atoms with Crippen molar-refractivity contribution >= 4 is 17.7 Å². The average molecular weight is 286 g/mol. The van der Waals surface area contributed by atoms with E-state index in [9.17, 15) is 14.4 Å². The summed E-state index contributed by atoms with van der Waals surface area (Å²) < 4.78 is 0. The van der Waals surface area contributed by atoms with Crippen LogP contribution >= 0.6 is 0 Å². The van der Waals surface area contributed by atoms with Gasteiger partial charge in [0, 0.05) is 5.92 Å². The van der Waals surface area contributed by atoms with E-state index in [1.54, 1.807) is 0 Å². The van der Waals surface area contributed by atoms with E-state index in [0.717, 1.165) is 24.3 Å². The molecule has 1 N–H and O–H groups in total. The molecule has 3 amide bonds. The number of hydrogen-bond donors (Lipinski definition) is 1. The predicted molar refractivity (Wildman–Crippen MR) is 74.2 cm³/mol. The smallest absolute Gasteiger partial charge is 0.252 e. The lowest BCUT2D eigenvalue weighted by molar-refractivity contribution is -0.151. The summed E-state index contributed by atoms with van der Waals surface area (Å²) in [4.78, 5) is 37.1. The standard InChI is InChI=1S/C16H18N2O3/c19-14(9-4-2-1-3-5-9)17-18-15(20)12-10-6-7-11(8-10)13(12)16(18)21/h1-2,6-7,9-13H,3-5,8H2,(H,17,19)/t9-,10-,11-,12-,13-/m0/s1. The number of rotatable bonds is 2. The highest BCUT2D eigenvalue weighted by molar-refractivity contribution is 6.07. The Hall–Kier alpha value is -1.91. The normalized spacial score (nSPS) is 40.0. The Kier molecular flexibility index (Phi) is 2.77. The van der Waals surface area contributed by atoms with Crippen LogP contribution in [-0.4, -0.2) is 22.7 Å². The maximum atomic E-state index is 12.4. The van der Waals surface area contributed by atoms with Crippen LogP contribution in [0.5, 0.6) is 0 Å². The maximum Gasteiger partial charge on any atom is 0.252 e. The van der Waals surface area contributed by atoms with E-state index >= 15 is 0 Å². The van der Waals surface area contributed by atoms with Gasteiger partial charge in [-0.2, -0.15) is 5.01 Å². The largest absolute Gasteiger partial charge is 0.273 e. The van der Waals surface area contributed by atoms with E-state index < -0.39 is 0 Å². The first-order valence-electron chi connectivity index (χ1n) is 7.68. The molecule has 1 aliphatic heterocycles. The predicted octanol–water partition coefficient (Wildman–Crippen LogP) is 1.18. The first-order valence-corrected chi connectivity index (χ1v) is 7.68. The van der Waals surface area contributed by atoms with Gasteiger partial charge in [-0.3, -0.25) is 19.8 Å². The van der Waals surface area contributed by atoms with Crippen molar-refractivity contribution in [3.05, 3.63) is 24.3 Å². The quantitative estimate of drug-likeness (QED) is 0.612. The van der Waals surface area contributed by atoms with Gasteiger partial charge in [-0.15, -0.1) is 0 Å². The van der Waals surface area contributed by atoms with Gasteiger partial charge in [-0.05, 0) is 37.5 Å². The Balaban J connectivity index is 1.49. The number of nitrogens with zero attached hydrogens (tertiary/aromatic N) is 1. The topological polar surface area (TPSA) is 66.5 Å².